The van der Waals surface area contributed by atoms with Crippen molar-refractivity contribution in [1.82, 2.24) is 0 Å². The molecule has 0 amide bonds. The number of alkyl halides is 1. The van der Waals surface area contributed by atoms with Crippen molar-refractivity contribution < 1.29 is 14.3 Å². The van der Waals surface area contributed by atoms with Crippen molar-refractivity contribution in [2.45, 2.75) is 6.61 Å². The second-order valence-corrected chi connectivity index (χ2v) is 2.91. The number of hydrogen-bond donors (Lipinski definition) is 0. The van der Waals surface area contributed by atoms with Crippen molar-refractivity contribution in [3.05, 3.63) is 29.8 Å². The number of benzene rings is 1. The first-order valence-corrected chi connectivity index (χ1v) is 4.64. The van der Waals surface area contributed by atoms with Crippen LogP contribution in [0.15, 0.2) is 24.3 Å². The molecule has 14 heavy (non-hydrogen) atoms. The van der Waals surface area contributed by atoms with Gasteiger partial charge in [0.2, 0.25) is 0 Å². The van der Waals surface area contributed by atoms with Crippen molar-refractivity contribution in [2.75, 3.05) is 13.0 Å². The maximum Gasteiger partial charge on any atom is 0.321 e. The van der Waals surface area contributed by atoms with Crippen molar-refractivity contribution >= 4 is 17.6 Å². The molecular formula is C10H11ClO3. The molecule has 0 unspecified atom stereocenters. The van der Waals surface area contributed by atoms with Gasteiger partial charge in [-0.15, -0.1) is 11.6 Å². The molecule has 1 rings (SSSR count). The minimum Gasteiger partial charge on any atom is -0.497 e. The third kappa shape index (κ3) is 3.26. The van der Waals surface area contributed by atoms with Crippen LogP contribution in [-0.2, 0) is 16.1 Å². The van der Waals surface area contributed by atoms with Gasteiger partial charge in [0.05, 0.1) is 7.11 Å². The van der Waals surface area contributed by atoms with Gasteiger partial charge in [-0.1, -0.05) is 12.1 Å². The molecule has 0 atom stereocenters. The SMILES string of the molecule is COc1ccc(COC(=O)CCl)cc1. The zero-order valence-corrected chi connectivity index (χ0v) is 8.58. The Morgan fingerprint density at radius 2 is 2.00 bits per heavy atom. The lowest BCUT2D eigenvalue weighted by molar-refractivity contribution is -0.141. The molecule has 0 aliphatic heterocycles. The second-order valence-electron chi connectivity index (χ2n) is 2.64. The molecule has 0 saturated carbocycles. The van der Waals surface area contributed by atoms with E-state index in [0.29, 0.717) is 0 Å². The monoisotopic (exact) mass is 214 g/mol. The van der Waals surface area contributed by atoms with Crippen LogP contribution >= 0.6 is 11.6 Å². The topological polar surface area (TPSA) is 35.5 Å². The van der Waals surface area contributed by atoms with E-state index in [1.54, 1.807) is 7.11 Å². The maximum atomic E-state index is 10.7. The predicted octanol–water partition coefficient (Wildman–Crippen LogP) is 1.98. The summed E-state index contributed by atoms with van der Waals surface area (Å²) in [7, 11) is 1.60. The number of esters is 1. The normalized spacial score (nSPS) is 9.57. The summed E-state index contributed by atoms with van der Waals surface area (Å²) < 4.78 is 9.83. The summed E-state index contributed by atoms with van der Waals surface area (Å²) in [5.41, 5.74) is 0.907. The Hall–Kier alpha value is -1.22. The van der Waals surface area contributed by atoms with Crippen LogP contribution in [0.25, 0.3) is 0 Å². The molecular weight excluding hydrogens is 204 g/mol. The third-order valence-electron chi connectivity index (χ3n) is 1.67. The van der Waals surface area contributed by atoms with Crippen LogP contribution in [0.4, 0.5) is 0 Å². The lowest BCUT2D eigenvalue weighted by Gasteiger charge is -2.03. The van der Waals surface area contributed by atoms with Crippen molar-refractivity contribution in [2.24, 2.45) is 0 Å². The van der Waals surface area contributed by atoms with E-state index in [2.05, 4.69) is 0 Å². The summed E-state index contributed by atoms with van der Waals surface area (Å²) >= 11 is 5.27. The van der Waals surface area contributed by atoms with Gasteiger partial charge in [-0.3, -0.25) is 4.79 Å². The Morgan fingerprint density at radius 1 is 1.36 bits per heavy atom. The number of rotatable bonds is 4. The molecule has 76 valence electrons. The molecule has 3 nitrogen and oxygen atoms in total. The fourth-order valence-corrected chi connectivity index (χ4v) is 1.00. The van der Waals surface area contributed by atoms with Crippen molar-refractivity contribution in [3.63, 3.8) is 0 Å². The van der Waals surface area contributed by atoms with E-state index in [-0.39, 0.29) is 12.5 Å². The van der Waals surface area contributed by atoms with Gasteiger partial charge in [0.1, 0.15) is 18.2 Å². The number of hydrogen-bond acceptors (Lipinski definition) is 3. The highest BCUT2D eigenvalue weighted by atomic mass is 35.5. The van der Waals surface area contributed by atoms with Gasteiger partial charge in [0.25, 0.3) is 0 Å². The van der Waals surface area contributed by atoms with Gasteiger partial charge in [-0.2, -0.15) is 0 Å². The number of carbonyl (C=O) groups excluding carboxylic acids is 1. The highest BCUT2D eigenvalue weighted by molar-refractivity contribution is 6.26. The van der Waals surface area contributed by atoms with E-state index in [0.717, 1.165) is 11.3 Å². The van der Waals surface area contributed by atoms with E-state index >= 15 is 0 Å². The Bertz CT molecular complexity index is 295. The van der Waals surface area contributed by atoms with Crippen LogP contribution in [0.3, 0.4) is 0 Å². The molecule has 0 heterocycles. The average Bonchev–Trinajstić information content (AvgIpc) is 2.26. The fourth-order valence-electron chi connectivity index (χ4n) is 0.924. The van der Waals surface area contributed by atoms with Crippen LogP contribution in [0.2, 0.25) is 0 Å². The van der Waals surface area contributed by atoms with Crippen LogP contribution in [0.1, 0.15) is 5.56 Å². The standard InChI is InChI=1S/C10H11ClO3/c1-13-9-4-2-8(3-5-9)7-14-10(12)6-11/h2-5H,6-7H2,1H3. The van der Waals surface area contributed by atoms with Gasteiger partial charge >= 0.3 is 5.97 Å². The first kappa shape index (κ1) is 10.9. The Kier molecular flexibility index (Phi) is 4.26. The molecule has 0 bridgehead atoms. The Balaban J connectivity index is 2.47. The molecule has 0 fully saturated rings. The minimum atomic E-state index is -0.414. The van der Waals surface area contributed by atoms with Crippen molar-refractivity contribution in [3.8, 4) is 5.75 Å². The van der Waals surface area contributed by atoms with Crippen LogP contribution in [0.5, 0.6) is 5.75 Å². The van der Waals surface area contributed by atoms with Gasteiger partial charge in [0, 0.05) is 0 Å². The molecule has 0 aromatic heterocycles. The molecule has 1 aromatic rings. The van der Waals surface area contributed by atoms with E-state index in [4.69, 9.17) is 21.1 Å². The van der Waals surface area contributed by atoms with Crippen LogP contribution in [-0.4, -0.2) is 19.0 Å². The molecule has 0 aliphatic carbocycles. The Morgan fingerprint density at radius 3 is 2.50 bits per heavy atom. The molecule has 0 aliphatic rings. The molecule has 0 radical (unpaired) electrons. The molecule has 0 spiro atoms. The first-order chi connectivity index (χ1) is 6.76. The summed E-state index contributed by atoms with van der Waals surface area (Å²) in [5.74, 6) is 0.246. The van der Waals surface area contributed by atoms with Gasteiger partial charge in [0.15, 0.2) is 0 Å². The number of ether oxygens (including phenoxy) is 2. The summed E-state index contributed by atoms with van der Waals surface area (Å²) in [6, 6.07) is 7.29. The van der Waals surface area contributed by atoms with Gasteiger partial charge in [-0.25, -0.2) is 0 Å². The molecule has 0 saturated heterocycles. The summed E-state index contributed by atoms with van der Waals surface area (Å²) in [4.78, 5) is 10.7. The van der Waals surface area contributed by atoms with Crippen molar-refractivity contribution in [1.29, 1.82) is 0 Å². The predicted molar refractivity (Wildman–Crippen MR) is 53.5 cm³/mol. The van der Waals surface area contributed by atoms with E-state index in [1.165, 1.54) is 0 Å². The Labute approximate surface area is 87.6 Å². The molecule has 1 aromatic carbocycles. The van der Waals surface area contributed by atoms with E-state index in [1.807, 2.05) is 24.3 Å². The van der Waals surface area contributed by atoms with Crippen LogP contribution in [0, 0.1) is 0 Å². The van der Waals surface area contributed by atoms with Gasteiger partial charge < -0.3 is 9.47 Å². The van der Waals surface area contributed by atoms with Gasteiger partial charge in [-0.05, 0) is 17.7 Å². The largest absolute Gasteiger partial charge is 0.497 e. The average molecular weight is 215 g/mol. The first-order valence-electron chi connectivity index (χ1n) is 4.11. The zero-order chi connectivity index (χ0) is 10.4. The summed E-state index contributed by atoms with van der Waals surface area (Å²) in [6.45, 7) is 0.246. The lowest BCUT2D eigenvalue weighted by Crippen LogP contribution is -2.05. The fraction of sp³-hybridized carbons (Fsp3) is 0.300. The minimum absolute atomic E-state index is 0.115. The smallest absolute Gasteiger partial charge is 0.321 e. The quantitative estimate of drug-likeness (QED) is 0.568. The summed E-state index contributed by atoms with van der Waals surface area (Å²) in [6.07, 6.45) is 0. The lowest BCUT2D eigenvalue weighted by atomic mass is 10.2. The third-order valence-corrected chi connectivity index (χ3v) is 1.89. The van der Waals surface area contributed by atoms with E-state index in [9.17, 15) is 4.79 Å². The number of halogens is 1. The molecule has 0 N–H and O–H groups in total. The maximum absolute atomic E-state index is 10.7. The number of methoxy groups -OCH3 is 1. The van der Waals surface area contributed by atoms with E-state index < -0.39 is 5.97 Å². The highest BCUT2D eigenvalue weighted by Gasteiger charge is 2.00. The molecule has 4 heteroatoms. The zero-order valence-electron chi connectivity index (χ0n) is 7.83. The summed E-state index contributed by atoms with van der Waals surface area (Å²) in [5, 5.41) is 0. The highest BCUT2D eigenvalue weighted by Crippen LogP contribution is 2.11. The number of carbonyl (C=O) groups is 1. The van der Waals surface area contributed by atoms with Crippen LogP contribution < -0.4 is 4.74 Å². The second kappa shape index (κ2) is 5.50.